The summed E-state index contributed by atoms with van der Waals surface area (Å²) in [4.78, 5) is 11.6. The first kappa shape index (κ1) is 22.5. The van der Waals surface area contributed by atoms with Gasteiger partial charge in [0.1, 0.15) is 0 Å². The molecule has 4 heterocycles. The fourth-order valence-corrected chi connectivity index (χ4v) is 4.42. The van der Waals surface area contributed by atoms with Gasteiger partial charge in [-0.05, 0) is 63.9 Å². The van der Waals surface area contributed by atoms with E-state index in [0.717, 1.165) is 59.9 Å². The first-order valence-corrected chi connectivity index (χ1v) is 11.4. The number of rotatable bonds is 5. The highest BCUT2D eigenvalue weighted by molar-refractivity contribution is 6.07. The molecule has 0 bridgehead atoms. The zero-order valence-corrected chi connectivity index (χ0v) is 19.4. The smallest absolute Gasteiger partial charge is 0.216 e. The van der Waals surface area contributed by atoms with Crippen LogP contribution in [-0.2, 0) is 11.3 Å². The molecule has 0 saturated carbocycles. The van der Waals surface area contributed by atoms with Crippen LogP contribution in [0, 0.1) is 12.8 Å². The summed E-state index contributed by atoms with van der Waals surface area (Å²) in [7, 11) is 3.81. The van der Waals surface area contributed by atoms with E-state index < -0.39 is 0 Å². The number of aliphatic imine (C=N–C) groups is 1. The van der Waals surface area contributed by atoms with E-state index in [1.807, 2.05) is 23.9 Å². The maximum absolute atomic E-state index is 6.67. The normalized spacial score (nSPS) is 21.5. The van der Waals surface area contributed by atoms with Gasteiger partial charge in [-0.3, -0.25) is 9.67 Å². The highest BCUT2D eigenvalue weighted by Gasteiger charge is 2.20. The topological polar surface area (TPSA) is 90.8 Å². The third-order valence-corrected chi connectivity index (χ3v) is 6.35. The van der Waals surface area contributed by atoms with E-state index in [1.54, 1.807) is 13.3 Å². The average Bonchev–Trinajstić information content (AvgIpc) is 3.13. The molecular weight excluding hydrogens is 404 g/mol. The number of nitrogens with zero attached hydrogens (tertiary/aromatic N) is 5. The van der Waals surface area contributed by atoms with Crippen LogP contribution in [0.2, 0.25) is 0 Å². The van der Waals surface area contributed by atoms with Gasteiger partial charge in [-0.25, -0.2) is 4.98 Å². The Morgan fingerprint density at radius 1 is 1.25 bits per heavy atom. The molecule has 0 aliphatic carbocycles. The SMILES string of the molecule is COc1ncc(N=C2CCOCCC2=C(N)c2cnn(CC3CCN(C)CC3)c2)cc1C. The molecule has 8 heteroatoms. The quantitative estimate of drug-likeness (QED) is 0.771. The molecular formula is C24H34N6O2. The van der Waals surface area contributed by atoms with Crippen molar-refractivity contribution in [2.75, 3.05) is 40.5 Å². The number of hydrogen-bond acceptors (Lipinski definition) is 7. The second-order valence-electron chi connectivity index (χ2n) is 8.78. The van der Waals surface area contributed by atoms with Gasteiger partial charge in [0.2, 0.25) is 5.88 Å². The summed E-state index contributed by atoms with van der Waals surface area (Å²) < 4.78 is 13.0. The molecule has 0 amide bonds. The predicted octanol–water partition coefficient (Wildman–Crippen LogP) is 3.19. The van der Waals surface area contributed by atoms with Gasteiger partial charge in [0, 0.05) is 41.7 Å². The molecule has 2 fully saturated rings. The van der Waals surface area contributed by atoms with Crippen LogP contribution >= 0.6 is 0 Å². The van der Waals surface area contributed by atoms with E-state index in [4.69, 9.17) is 20.2 Å². The molecule has 8 nitrogen and oxygen atoms in total. The van der Waals surface area contributed by atoms with Crippen LogP contribution in [0.5, 0.6) is 5.88 Å². The fraction of sp³-hybridized carbons (Fsp3) is 0.542. The maximum atomic E-state index is 6.67. The van der Waals surface area contributed by atoms with Crippen molar-refractivity contribution in [2.45, 2.75) is 39.2 Å². The summed E-state index contributed by atoms with van der Waals surface area (Å²) in [6.07, 6.45) is 9.55. The first-order valence-electron chi connectivity index (χ1n) is 11.4. The van der Waals surface area contributed by atoms with Gasteiger partial charge in [-0.15, -0.1) is 0 Å². The molecule has 0 aromatic carbocycles. The van der Waals surface area contributed by atoms with Crippen molar-refractivity contribution < 1.29 is 9.47 Å². The number of piperidine rings is 1. The van der Waals surface area contributed by atoms with Crippen molar-refractivity contribution in [1.82, 2.24) is 19.7 Å². The number of likely N-dealkylation sites (tertiary alicyclic amines) is 1. The summed E-state index contributed by atoms with van der Waals surface area (Å²) in [5, 5.41) is 4.60. The molecule has 172 valence electrons. The minimum Gasteiger partial charge on any atom is -0.481 e. The third kappa shape index (κ3) is 5.37. The summed E-state index contributed by atoms with van der Waals surface area (Å²) in [5.41, 5.74) is 12.1. The number of methoxy groups -OCH3 is 1. The van der Waals surface area contributed by atoms with E-state index in [9.17, 15) is 0 Å². The van der Waals surface area contributed by atoms with E-state index in [1.165, 1.54) is 12.8 Å². The molecule has 2 aromatic heterocycles. The van der Waals surface area contributed by atoms with Gasteiger partial charge < -0.3 is 20.1 Å². The molecule has 0 unspecified atom stereocenters. The fourth-order valence-electron chi connectivity index (χ4n) is 4.42. The van der Waals surface area contributed by atoms with Crippen molar-refractivity contribution in [3.05, 3.63) is 41.4 Å². The Kier molecular flexibility index (Phi) is 7.22. The summed E-state index contributed by atoms with van der Waals surface area (Å²) in [6, 6.07) is 1.98. The Hall–Kier alpha value is -2.71. The minimum atomic E-state index is 0.616. The molecule has 0 radical (unpaired) electrons. The van der Waals surface area contributed by atoms with Crippen molar-refractivity contribution in [2.24, 2.45) is 16.6 Å². The van der Waals surface area contributed by atoms with E-state index in [0.29, 0.717) is 31.4 Å². The number of pyridine rings is 1. The minimum absolute atomic E-state index is 0.616. The Morgan fingerprint density at radius 3 is 2.78 bits per heavy atom. The Bertz CT molecular complexity index is 988. The molecule has 2 aliphatic heterocycles. The van der Waals surface area contributed by atoms with Crippen molar-refractivity contribution in [1.29, 1.82) is 0 Å². The van der Waals surface area contributed by atoms with E-state index in [-0.39, 0.29) is 0 Å². The average molecular weight is 439 g/mol. The molecule has 2 saturated heterocycles. The molecule has 2 N–H and O–H groups in total. The second kappa shape index (κ2) is 10.3. The Labute approximate surface area is 190 Å². The van der Waals surface area contributed by atoms with Crippen LogP contribution in [0.4, 0.5) is 5.69 Å². The van der Waals surface area contributed by atoms with Crippen LogP contribution in [0.1, 0.15) is 36.8 Å². The monoisotopic (exact) mass is 438 g/mol. The lowest BCUT2D eigenvalue weighted by Gasteiger charge is -2.28. The van der Waals surface area contributed by atoms with Crippen molar-refractivity contribution >= 4 is 17.1 Å². The van der Waals surface area contributed by atoms with Gasteiger partial charge in [-0.2, -0.15) is 5.10 Å². The molecule has 4 rings (SSSR count). The maximum Gasteiger partial charge on any atom is 0.216 e. The number of hydrogen-bond donors (Lipinski definition) is 1. The lowest BCUT2D eigenvalue weighted by atomic mass is 9.97. The predicted molar refractivity (Wildman–Crippen MR) is 126 cm³/mol. The zero-order chi connectivity index (χ0) is 22.5. The van der Waals surface area contributed by atoms with Crippen molar-refractivity contribution in [3.63, 3.8) is 0 Å². The zero-order valence-electron chi connectivity index (χ0n) is 19.4. The van der Waals surface area contributed by atoms with Gasteiger partial charge in [-0.1, -0.05) is 0 Å². The van der Waals surface area contributed by atoms with Crippen LogP contribution in [0.3, 0.4) is 0 Å². The Morgan fingerprint density at radius 2 is 2.03 bits per heavy atom. The first-order chi connectivity index (χ1) is 15.5. The second-order valence-corrected chi connectivity index (χ2v) is 8.78. The van der Waals surface area contributed by atoms with Crippen LogP contribution in [-0.4, -0.2) is 65.8 Å². The van der Waals surface area contributed by atoms with Crippen LogP contribution in [0.15, 0.2) is 35.2 Å². The molecule has 32 heavy (non-hydrogen) atoms. The summed E-state index contributed by atoms with van der Waals surface area (Å²) in [6.45, 7) is 6.49. The molecule has 2 aromatic rings. The number of aryl methyl sites for hydroxylation is 1. The molecule has 0 spiro atoms. The summed E-state index contributed by atoms with van der Waals surface area (Å²) >= 11 is 0. The van der Waals surface area contributed by atoms with Crippen molar-refractivity contribution in [3.8, 4) is 5.88 Å². The number of nitrogens with two attached hydrogens (primary N) is 1. The van der Waals surface area contributed by atoms with Crippen LogP contribution < -0.4 is 10.5 Å². The lowest BCUT2D eigenvalue weighted by molar-refractivity contribution is 0.150. The lowest BCUT2D eigenvalue weighted by Crippen LogP contribution is -2.31. The van der Waals surface area contributed by atoms with Gasteiger partial charge in [0.15, 0.2) is 0 Å². The van der Waals surface area contributed by atoms with E-state index >= 15 is 0 Å². The number of aromatic nitrogens is 3. The highest BCUT2D eigenvalue weighted by Crippen LogP contribution is 2.26. The van der Waals surface area contributed by atoms with Gasteiger partial charge in [0.05, 0.1) is 38.4 Å². The number of ether oxygens (including phenoxy) is 2. The summed E-state index contributed by atoms with van der Waals surface area (Å²) in [5.74, 6) is 1.28. The molecule has 0 atom stereocenters. The Balaban J connectivity index is 1.57. The van der Waals surface area contributed by atoms with Gasteiger partial charge >= 0.3 is 0 Å². The van der Waals surface area contributed by atoms with Gasteiger partial charge in [0.25, 0.3) is 0 Å². The highest BCUT2D eigenvalue weighted by atomic mass is 16.5. The van der Waals surface area contributed by atoms with Crippen LogP contribution in [0.25, 0.3) is 5.70 Å². The molecule has 2 aliphatic rings. The largest absolute Gasteiger partial charge is 0.481 e. The standard InChI is InChI=1S/C24H34N6O2/c1-17-12-20(14-26-24(17)31-3)28-22-7-11-32-10-6-21(22)23(25)19-13-27-30(16-19)15-18-4-8-29(2)9-5-18/h12-14,16,18H,4-11,15,25H2,1-3H3. The van der Waals surface area contributed by atoms with E-state index in [2.05, 4.69) is 28.2 Å². The third-order valence-electron chi connectivity index (χ3n) is 6.35.